The van der Waals surface area contributed by atoms with Gasteiger partial charge >= 0.3 is 5.97 Å². The molecule has 1 aromatic carbocycles. The van der Waals surface area contributed by atoms with Crippen LogP contribution in [0.15, 0.2) is 18.2 Å². The summed E-state index contributed by atoms with van der Waals surface area (Å²) in [6, 6.07) is 5.12. The molecule has 0 saturated heterocycles. The first-order valence-electron chi connectivity index (χ1n) is 4.16. The van der Waals surface area contributed by atoms with Gasteiger partial charge in [-0.05, 0) is 31.5 Å². The summed E-state index contributed by atoms with van der Waals surface area (Å²) in [6.45, 7) is 3.31. The molecule has 15 heavy (non-hydrogen) atoms. The van der Waals surface area contributed by atoms with Crippen molar-refractivity contribution in [3.63, 3.8) is 0 Å². The summed E-state index contributed by atoms with van der Waals surface area (Å²) < 4.78 is 5.20. The summed E-state index contributed by atoms with van der Waals surface area (Å²) in [4.78, 5) is 10.5. The molecular formula is C10H11ClKO3. The molecule has 1 aromatic rings. The molecular weight excluding hydrogens is 243 g/mol. The molecule has 0 aliphatic rings. The first-order valence-corrected chi connectivity index (χ1v) is 4.54. The van der Waals surface area contributed by atoms with Crippen molar-refractivity contribution in [1.29, 1.82) is 0 Å². The number of benzene rings is 1. The summed E-state index contributed by atoms with van der Waals surface area (Å²) in [5, 5.41) is 9.18. The van der Waals surface area contributed by atoms with Crippen molar-refractivity contribution in [2.24, 2.45) is 0 Å². The average molecular weight is 254 g/mol. The Labute approximate surface area is 136 Å². The number of aliphatic carboxylic acids is 1. The summed E-state index contributed by atoms with van der Waals surface area (Å²) in [5.41, 5.74) is 0.863. The first kappa shape index (κ1) is 15.4. The zero-order chi connectivity index (χ0) is 10.7. The van der Waals surface area contributed by atoms with Crippen LogP contribution in [0.5, 0.6) is 5.75 Å². The van der Waals surface area contributed by atoms with Crippen molar-refractivity contribution in [1.82, 2.24) is 0 Å². The largest absolute Gasteiger partial charge is 0.479 e. The van der Waals surface area contributed by atoms with E-state index in [1.807, 2.05) is 6.92 Å². The number of ether oxygens (including phenoxy) is 1. The topological polar surface area (TPSA) is 46.5 Å². The third-order valence-electron chi connectivity index (χ3n) is 1.80. The smallest absolute Gasteiger partial charge is 0.344 e. The maximum absolute atomic E-state index is 10.5. The summed E-state index contributed by atoms with van der Waals surface area (Å²) in [7, 11) is 0. The van der Waals surface area contributed by atoms with Crippen LogP contribution in [0, 0.1) is 6.92 Å². The van der Waals surface area contributed by atoms with Crippen LogP contribution in [0.3, 0.4) is 0 Å². The van der Waals surface area contributed by atoms with Crippen molar-refractivity contribution in [2.75, 3.05) is 0 Å². The SMILES string of the molecule is Cc1ccc(Cl)cc1OC(C)C(=O)O.[K]. The molecule has 0 bridgehead atoms. The van der Waals surface area contributed by atoms with E-state index in [4.69, 9.17) is 21.4 Å². The van der Waals surface area contributed by atoms with Crippen molar-refractivity contribution < 1.29 is 14.6 Å². The fourth-order valence-electron chi connectivity index (χ4n) is 0.942. The molecule has 3 nitrogen and oxygen atoms in total. The third kappa shape index (κ3) is 4.85. The normalized spacial score (nSPS) is 11.4. The van der Waals surface area contributed by atoms with Gasteiger partial charge in [0.2, 0.25) is 0 Å². The van der Waals surface area contributed by atoms with E-state index in [0.717, 1.165) is 5.56 Å². The molecule has 0 aliphatic carbocycles. The van der Waals surface area contributed by atoms with Gasteiger partial charge < -0.3 is 9.84 Å². The van der Waals surface area contributed by atoms with Crippen molar-refractivity contribution >= 4 is 69.0 Å². The van der Waals surface area contributed by atoms with Crippen LogP contribution in [0.1, 0.15) is 12.5 Å². The number of hydrogen-bond donors (Lipinski definition) is 1. The number of carbonyl (C=O) groups is 1. The van der Waals surface area contributed by atoms with E-state index >= 15 is 0 Å². The fraction of sp³-hybridized carbons (Fsp3) is 0.300. The van der Waals surface area contributed by atoms with E-state index in [1.165, 1.54) is 6.92 Å². The quantitative estimate of drug-likeness (QED) is 0.840. The molecule has 0 saturated carbocycles. The second-order valence-electron chi connectivity index (χ2n) is 3.01. The number of carboxylic acids is 1. The van der Waals surface area contributed by atoms with Crippen LogP contribution in [0.2, 0.25) is 5.02 Å². The van der Waals surface area contributed by atoms with Crippen LogP contribution >= 0.6 is 11.6 Å². The van der Waals surface area contributed by atoms with Crippen molar-refractivity contribution in [3.8, 4) is 5.75 Å². The van der Waals surface area contributed by atoms with Gasteiger partial charge in [0.15, 0.2) is 6.10 Å². The first-order chi connectivity index (χ1) is 6.50. The molecule has 0 aliphatic heterocycles. The average Bonchev–Trinajstić information content (AvgIpc) is 2.11. The Kier molecular flexibility index (Phi) is 7.07. The minimum atomic E-state index is -0.996. The predicted octanol–water partition coefficient (Wildman–Crippen LogP) is 2.12. The van der Waals surface area contributed by atoms with Crippen LogP contribution in [-0.2, 0) is 4.79 Å². The summed E-state index contributed by atoms with van der Waals surface area (Å²) in [5.74, 6) is -0.489. The van der Waals surface area contributed by atoms with Gasteiger partial charge in [0.25, 0.3) is 0 Å². The Balaban J connectivity index is 0.00000196. The van der Waals surface area contributed by atoms with E-state index in [0.29, 0.717) is 10.8 Å². The summed E-state index contributed by atoms with van der Waals surface area (Å²) >= 11 is 5.75. The van der Waals surface area contributed by atoms with Gasteiger partial charge in [-0.25, -0.2) is 4.79 Å². The van der Waals surface area contributed by atoms with Gasteiger partial charge in [-0.1, -0.05) is 17.7 Å². The predicted molar refractivity (Wildman–Crippen MR) is 59.7 cm³/mol. The van der Waals surface area contributed by atoms with Gasteiger partial charge in [0, 0.05) is 56.4 Å². The second kappa shape index (κ2) is 6.88. The second-order valence-corrected chi connectivity index (χ2v) is 3.44. The standard InChI is InChI=1S/C10H11ClO3.K/c1-6-3-4-8(11)5-9(6)14-7(2)10(12)13;/h3-5,7H,1-2H3,(H,12,13);. The molecule has 77 valence electrons. The maximum atomic E-state index is 10.5. The molecule has 0 fully saturated rings. The monoisotopic (exact) mass is 253 g/mol. The Morgan fingerprint density at radius 3 is 2.67 bits per heavy atom. The summed E-state index contributed by atoms with van der Waals surface area (Å²) in [6.07, 6.45) is -0.868. The number of rotatable bonds is 3. The number of hydrogen-bond acceptors (Lipinski definition) is 2. The number of aryl methyl sites for hydroxylation is 1. The minimum absolute atomic E-state index is 0. The molecule has 0 heterocycles. The van der Waals surface area contributed by atoms with Crippen molar-refractivity contribution in [3.05, 3.63) is 28.8 Å². The molecule has 0 amide bonds. The zero-order valence-electron chi connectivity index (χ0n) is 8.95. The van der Waals surface area contributed by atoms with Crippen LogP contribution in [-0.4, -0.2) is 68.6 Å². The van der Waals surface area contributed by atoms with E-state index in [9.17, 15) is 4.79 Å². The minimum Gasteiger partial charge on any atom is -0.479 e. The molecule has 0 aromatic heterocycles. The molecule has 1 rings (SSSR count). The van der Waals surface area contributed by atoms with Gasteiger partial charge in [0.05, 0.1) is 0 Å². The Hall–Kier alpha value is 0.416. The van der Waals surface area contributed by atoms with Gasteiger partial charge in [0.1, 0.15) is 5.75 Å². The number of halogens is 1. The fourth-order valence-corrected chi connectivity index (χ4v) is 1.10. The van der Waals surface area contributed by atoms with E-state index in [-0.39, 0.29) is 51.4 Å². The van der Waals surface area contributed by atoms with Gasteiger partial charge in [-0.2, -0.15) is 0 Å². The van der Waals surface area contributed by atoms with E-state index in [2.05, 4.69) is 0 Å². The van der Waals surface area contributed by atoms with Crippen LogP contribution < -0.4 is 4.74 Å². The molecule has 0 spiro atoms. The van der Waals surface area contributed by atoms with Gasteiger partial charge in [-0.3, -0.25) is 0 Å². The molecule has 1 N–H and O–H groups in total. The van der Waals surface area contributed by atoms with Gasteiger partial charge in [-0.15, -0.1) is 0 Å². The zero-order valence-corrected chi connectivity index (χ0v) is 12.8. The number of carboxylic acid groups (broad SMARTS) is 1. The van der Waals surface area contributed by atoms with E-state index in [1.54, 1.807) is 18.2 Å². The van der Waals surface area contributed by atoms with Crippen molar-refractivity contribution in [2.45, 2.75) is 20.0 Å². The third-order valence-corrected chi connectivity index (χ3v) is 2.04. The van der Waals surface area contributed by atoms with Crippen LogP contribution in [0.25, 0.3) is 0 Å². The molecule has 1 atom stereocenters. The maximum Gasteiger partial charge on any atom is 0.344 e. The molecule has 1 radical (unpaired) electrons. The van der Waals surface area contributed by atoms with Crippen LogP contribution in [0.4, 0.5) is 0 Å². The Bertz CT molecular complexity index is 355. The Morgan fingerprint density at radius 1 is 1.53 bits per heavy atom. The molecule has 1 unspecified atom stereocenters. The Morgan fingerprint density at radius 2 is 2.13 bits per heavy atom. The van der Waals surface area contributed by atoms with E-state index < -0.39 is 12.1 Å². The molecule has 5 heteroatoms.